The summed E-state index contributed by atoms with van der Waals surface area (Å²) in [6.45, 7) is 7.12. The van der Waals surface area contributed by atoms with E-state index < -0.39 is 0 Å². The second-order valence-corrected chi connectivity index (χ2v) is 6.69. The summed E-state index contributed by atoms with van der Waals surface area (Å²) in [6.07, 6.45) is 9.79. The van der Waals surface area contributed by atoms with Crippen LogP contribution in [0.2, 0.25) is 0 Å². The van der Waals surface area contributed by atoms with Gasteiger partial charge in [0.2, 0.25) is 0 Å². The molecule has 116 valence electrons. The minimum Gasteiger partial charge on any atom is -0.466 e. The fraction of sp³-hybridized carbons (Fsp3) is 0.941. The minimum atomic E-state index is 0.00157. The van der Waals surface area contributed by atoms with Crippen molar-refractivity contribution in [2.45, 2.75) is 71.3 Å². The van der Waals surface area contributed by atoms with Crippen molar-refractivity contribution in [3.05, 3.63) is 0 Å². The van der Waals surface area contributed by atoms with Gasteiger partial charge >= 0.3 is 5.97 Å². The second kappa shape index (κ2) is 8.02. The van der Waals surface area contributed by atoms with Crippen LogP contribution in [-0.2, 0) is 9.53 Å². The molecule has 1 aliphatic carbocycles. The fourth-order valence-corrected chi connectivity index (χ4v) is 3.91. The summed E-state index contributed by atoms with van der Waals surface area (Å²) in [7, 11) is 0. The average Bonchev–Trinajstić information content (AvgIpc) is 2.47. The van der Waals surface area contributed by atoms with Crippen molar-refractivity contribution < 1.29 is 9.53 Å². The number of esters is 1. The maximum atomic E-state index is 12.0. The first kappa shape index (κ1) is 15.8. The summed E-state index contributed by atoms with van der Waals surface area (Å²) < 4.78 is 5.21. The Kier molecular flexibility index (Phi) is 6.34. The number of nitrogens with zero attached hydrogens (tertiary/aromatic N) is 1. The molecule has 2 rings (SSSR count). The molecule has 0 bridgehead atoms. The first-order valence-electron chi connectivity index (χ1n) is 8.60. The van der Waals surface area contributed by atoms with Crippen LogP contribution in [0.5, 0.6) is 0 Å². The van der Waals surface area contributed by atoms with E-state index in [1.807, 2.05) is 6.92 Å². The van der Waals surface area contributed by atoms with Crippen molar-refractivity contribution in [2.24, 2.45) is 11.8 Å². The molecule has 0 spiro atoms. The highest BCUT2D eigenvalue weighted by molar-refractivity contribution is 5.70. The third-order valence-corrected chi connectivity index (χ3v) is 5.15. The quantitative estimate of drug-likeness (QED) is 0.721. The molecule has 1 unspecified atom stereocenters. The van der Waals surface area contributed by atoms with Crippen LogP contribution in [0.25, 0.3) is 0 Å². The average molecular weight is 281 g/mol. The standard InChI is InChI=1S/C17H31NO2/c1-3-20-17(19)13-16(18-11-5-4-6-12-18)15-9-7-14(2)8-10-15/h14-16H,3-13H2,1-2H3. The van der Waals surface area contributed by atoms with Gasteiger partial charge in [0.25, 0.3) is 0 Å². The molecule has 0 amide bonds. The minimum absolute atomic E-state index is 0.00157. The van der Waals surface area contributed by atoms with Crippen LogP contribution in [0.3, 0.4) is 0 Å². The molecule has 2 fully saturated rings. The third-order valence-electron chi connectivity index (χ3n) is 5.15. The number of piperidine rings is 1. The number of rotatable bonds is 5. The topological polar surface area (TPSA) is 29.5 Å². The summed E-state index contributed by atoms with van der Waals surface area (Å²) in [5.74, 6) is 1.58. The van der Waals surface area contributed by atoms with E-state index in [-0.39, 0.29) is 5.97 Å². The molecule has 1 saturated heterocycles. The zero-order chi connectivity index (χ0) is 14.4. The predicted octanol–water partition coefficient (Wildman–Crippen LogP) is 3.62. The number of carbonyl (C=O) groups excluding carboxylic acids is 1. The summed E-state index contributed by atoms with van der Waals surface area (Å²) in [5, 5.41) is 0. The normalized spacial score (nSPS) is 29.9. The lowest BCUT2D eigenvalue weighted by Gasteiger charge is -2.41. The molecular weight excluding hydrogens is 250 g/mol. The van der Waals surface area contributed by atoms with Gasteiger partial charge in [0, 0.05) is 6.04 Å². The molecule has 1 aliphatic heterocycles. The van der Waals surface area contributed by atoms with Gasteiger partial charge in [0.15, 0.2) is 0 Å². The summed E-state index contributed by atoms with van der Waals surface area (Å²) in [6, 6.07) is 0.432. The Hall–Kier alpha value is -0.570. The van der Waals surface area contributed by atoms with Gasteiger partial charge in [0.05, 0.1) is 13.0 Å². The summed E-state index contributed by atoms with van der Waals surface area (Å²) in [4.78, 5) is 14.5. The molecule has 0 aromatic heterocycles. The molecule has 1 heterocycles. The zero-order valence-electron chi connectivity index (χ0n) is 13.3. The third kappa shape index (κ3) is 4.47. The van der Waals surface area contributed by atoms with E-state index in [1.54, 1.807) is 0 Å². The van der Waals surface area contributed by atoms with Gasteiger partial charge in [-0.25, -0.2) is 0 Å². The van der Waals surface area contributed by atoms with Crippen molar-refractivity contribution in [1.82, 2.24) is 4.90 Å². The van der Waals surface area contributed by atoms with E-state index in [0.29, 0.717) is 25.0 Å². The number of ether oxygens (including phenoxy) is 1. The number of hydrogen-bond donors (Lipinski definition) is 0. The lowest BCUT2D eigenvalue weighted by atomic mass is 9.77. The maximum absolute atomic E-state index is 12.0. The smallest absolute Gasteiger partial charge is 0.307 e. The molecule has 0 aromatic carbocycles. The van der Waals surface area contributed by atoms with E-state index in [9.17, 15) is 4.79 Å². The molecule has 1 atom stereocenters. The van der Waals surface area contributed by atoms with Crippen LogP contribution in [0.1, 0.15) is 65.2 Å². The van der Waals surface area contributed by atoms with Crippen molar-refractivity contribution in [2.75, 3.05) is 19.7 Å². The van der Waals surface area contributed by atoms with Crippen LogP contribution < -0.4 is 0 Å². The molecule has 1 saturated carbocycles. The molecule has 20 heavy (non-hydrogen) atoms. The lowest BCUT2D eigenvalue weighted by Crippen LogP contribution is -2.46. The Balaban J connectivity index is 1.96. The van der Waals surface area contributed by atoms with Crippen LogP contribution in [0.15, 0.2) is 0 Å². The van der Waals surface area contributed by atoms with Gasteiger partial charge < -0.3 is 4.74 Å². The molecule has 3 heteroatoms. The van der Waals surface area contributed by atoms with Crippen molar-refractivity contribution in [3.63, 3.8) is 0 Å². The first-order valence-corrected chi connectivity index (χ1v) is 8.60. The van der Waals surface area contributed by atoms with Crippen LogP contribution in [-0.4, -0.2) is 36.6 Å². The van der Waals surface area contributed by atoms with Gasteiger partial charge in [-0.1, -0.05) is 26.2 Å². The van der Waals surface area contributed by atoms with Crippen LogP contribution >= 0.6 is 0 Å². The first-order chi connectivity index (χ1) is 9.70. The zero-order valence-corrected chi connectivity index (χ0v) is 13.3. The van der Waals surface area contributed by atoms with E-state index in [0.717, 1.165) is 5.92 Å². The Labute approximate surface area is 124 Å². The Morgan fingerprint density at radius 2 is 1.80 bits per heavy atom. The number of carbonyl (C=O) groups is 1. The van der Waals surface area contributed by atoms with Gasteiger partial charge in [-0.15, -0.1) is 0 Å². The summed E-state index contributed by atoms with van der Waals surface area (Å²) >= 11 is 0. The van der Waals surface area contributed by atoms with Crippen molar-refractivity contribution in [3.8, 4) is 0 Å². The van der Waals surface area contributed by atoms with E-state index in [2.05, 4.69) is 11.8 Å². The van der Waals surface area contributed by atoms with E-state index in [4.69, 9.17) is 4.74 Å². The van der Waals surface area contributed by atoms with E-state index >= 15 is 0 Å². The lowest BCUT2D eigenvalue weighted by molar-refractivity contribution is -0.145. The summed E-state index contributed by atoms with van der Waals surface area (Å²) in [5.41, 5.74) is 0. The van der Waals surface area contributed by atoms with Crippen LogP contribution in [0, 0.1) is 11.8 Å². The molecule has 0 aromatic rings. The van der Waals surface area contributed by atoms with E-state index in [1.165, 1.54) is 58.0 Å². The Morgan fingerprint density at radius 1 is 1.15 bits per heavy atom. The predicted molar refractivity (Wildman–Crippen MR) is 81.6 cm³/mol. The maximum Gasteiger partial charge on any atom is 0.307 e. The largest absolute Gasteiger partial charge is 0.466 e. The Morgan fingerprint density at radius 3 is 2.40 bits per heavy atom. The van der Waals surface area contributed by atoms with Gasteiger partial charge in [-0.05, 0) is 57.5 Å². The SMILES string of the molecule is CCOC(=O)CC(C1CCC(C)CC1)N1CCCCC1. The van der Waals surface area contributed by atoms with Crippen molar-refractivity contribution >= 4 is 5.97 Å². The van der Waals surface area contributed by atoms with Gasteiger partial charge in [-0.3, -0.25) is 9.69 Å². The molecule has 3 nitrogen and oxygen atoms in total. The molecule has 0 N–H and O–H groups in total. The highest BCUT2D eigenvalue weighted by atomic mass is 16.5. The van der Waals surface area contributed by atoms with Crippen LogP contribution in [0.4, 0.5) is 0 Å². The molecular formula is C17H31NO2. The highest BCUT2D eigenvalue weighted by Gasteiger charge is 2.32. The molecule has 0 radical (unpaired) electrons. The Bertz CT molecular complexity index is 291. The van der Waals surface area contributed by atoms with Gasteiger partial charge in [-0.2, -0.15) is 0 Å². The number of hydrogen-bond acceptors (Lipinski definition) is 3. The molecule has 2 aliphatic rings. The highest BCUT2D eigenvalue weighted by Crippen LogP contribution is 2.34. The van der Waals surface area contributed by atoms with Crippen molar-refractivity contribution in [1.29, 1.82) is 0 Å². The second-order valence-electron chi connectivity index (χ2n) is 6.69. The number of likely N-dealkylation sites (tertiary alicyclic amines) is 1. The van der Waals surface area contributed by atoms with Gasteiger partial charge in [0.1, 0.15) is 0 Å². The fourth-order valence-electron chi connectivity index (χ4n) is 3.91. The monoisotopic (exact) mass is 281 g/mol.